The fraction of sp³-hybridized carbons (Fsp3) is 0.360. The summed E-state index contributed by atoms with van der Waals surface area (Å²) in [5.41, 5.74) is 1.64. The smallest absolute Gasteiger partial charge is 0.405 e. The molecule has 2 aromatic carbocycles. The van der Waals surface area contributed by atoms with Gasteiger partial charge >= 0.3 is 6.36 Å². The Morgan fingerprint density at radius 2 is 1.80 bits per heavy atom. The predicted octanol–water partition coefficient (Wildman–Crippen LogP) is 5.30. The molecule has 186 valence electrons. The molecule has 35 heavy (non-hydrogen) atoms. The molecule has 0 N–H and O–H groups in total. The number of para-hydroxylation sites is 1. The van der Waals surface area contributed by atoms with Crippen LogP contribution in [-0.4, -0.2) is 59.7 Å². The Balaban J connectivity index is 1.54. The number of benzene rings is 2. The van der Waals surface area contributed by atoms with Crippen LogP contribution in [0.1, 0.15) is 34.7 Å². The largest absolute Gasteiger partial charge is 0.573 e. The maximum absolute atomic E-state index is 13.4. The lowest BCUT2D eigenvalue weighted by atomic mass is 9.88. The highest BCUT2D eigenvalue weighted by Gasteiger charge is 2.34. The van der Waals surface area contributed by atoms with Crippen molar-refractivity contribution in [1.29, 1.82) is 0 Å². The molecule has 1 aliphatic heterocycles. The zero-order valence-corrected chi connectivity index (χ0v) is 20.1. The van der Waals surface area contributed by atoms with Gasteiger partial charge in [0.1, 0.15) is 12.3 Å². The maximum Gasteiger partial charge on any atom is 0.573 e. The number of aromatic nitrogens is 1. The number of ether oxygens (including phenoxy) is 1. The van der Waals surface area contributed by atoms with Crippen LogP contribution in [0.4, 0.5) is 13.2 Å². The molecule has 0 saturated carbocycles. The van der Waals surface area contributed by atoms with Crippen LogP contribution in [0.25, 0.3) is 10.9 Å². The molecule has 2 amide bonds. The summed E-state index contributed by atoms with van der Waals surface area (Å²) in [6, 6.07) is 11.3. The first-order chi connectivity index (χ1) is 16.5. The highest BCUT2D eigenvalue weighted by atomic mass is 35.5. The van der Waals surface area contributed by atoms with Gasteiger partial charge in [-0.25, -0.2) is 0 Å². The van der Waals surface area contributed by atoms with E-state index in [4.69, 9.17) is 11.6 Å². The van der Waals surface area contributed by atoms with Gasteiger partial charge in [0.15, 0.2) is 0 Å². The topological polar surface area (TPSA) is 54.8 Å². The number of halogens is 4. The molecule has 1 fully saturated rings. The van der Waals surface area contributed by atoms with E-state index in [1.165, 1.54) is 17.0 Å². The van der Waals surface area contributed by atoms with E-state index in [2.05, 4.69) is 4.74 Å². The van der Waals surface area contributed by atoms with Crippen molar-refractivity contribution in [3.05, 3.63) is 64.8 Å². The van der Waals surface area contributed by atoms with Crippen LogP contribution >= 0.6 is 11.6 Å². The minimum atomic E-state index is -4.77. The third-order valence-corrected chi connectivity index (χ3v) is 6.48. The summed E-state index contributed by atoms with van der Waals surface area (Å²) in [7, 11) is 3.32. The number of likely N-dealkylation sites (N-methyl/N-ethyl adjacent to an activating group) is 1. The van der Waals surface area contributed by atoms with Gasteiger partial charge in [-0.15, -0.1) is 13.2 Å². The zero-order valence-electron chi connectivity index (χ0n) is 19.3. The van der Waals surface area contributed by atoms with Gasteiger partial charge in [0, 0.05) is 43.8 Å². The van der Waals surface area contributed by atoms with Crippen molar-refractivity contribution < 1.29 is 27.5 Å². The van der Waals surface area contributed by atoms with Gasteiger partial charge in [-0.05, 0) is 42.5 Å². The van der Waals surface area contributed by atoms with Crippen LogP contribution in [-0.2, 0) is 11.3 Å². The second-order valence-electron chi connectivity index (χ2n) is 8.77. The van der Waals surface area contributed by atoms with Gasteiger partial charge < -0.3 is 19.1 Å². The molecule has 0 spiro atoms. The number of carbonyl (C=O) groups excluding carboxylic acids is 2. The van der Waals surface area contributed by atoms with Crippen molar-refractivity contribution in [3.63, 3.8) is 0 Å². The summed E-state index contributed by atoms with van der Waals surface area (Å²) < 4.78 is 44.4. The molecule has 0 aliphatic carbocycles. The third kappa shape index (κ3) is 5.56. The Kier molecular flexibility index (Phi) is 6.98. The van der Waals surface area contributed by atoms with Crippen LogP contribution in [0.2, 0.25) is 5.02 Å². The number of alkyl halides is 3. The first-order valence-corrected chi connectivity index (χ1v) is 11.5. The van der Waals surface area contributed by atoms with Crippen LogP contribution in [0, 0.1) is 0 Å². The van der Waals surface area contributed by atoms with Gasteiger partial charge in [0.05, 0.1) is 11.1 Å². The van der Waals surface area contributed by atoms with Crippen molar-refractivity contribution in [2.45, 2.75) is 31.7 Å². The van der Waals surface area contributed by atoms with Crippen LogP contribution < -0.4 is 4.74 Å². The standard InChI is InChI=1S/C25H25ClF3N3O3/c1-30(2)23(33)15-32-14-20(19-8-7-17(26)13-21(19)32)24(34)31-11-9-16(10-12-31)18-5-3-4-6-22(18)35-25(27,28)29/h3-8,13-14,16H,9-12,15H2,1-2H3. The molecule has 2 heterocycles. The van der Waals surface area contributed by atoms with E-state index >= 15 is 0 Å². The Morgan fingerprint density at radius 1 is 1.11 bits per heavy atom. The van der Waals surface area contributed by atoms with Gasteiger partial charge in [-0.2, -0.15) is 0 Å². The van der Waals surface area contributed by atoms with Gasteiger partial charge in [-0.1, -0.05) is 35.9 Å². The van der Waals surface area contributed by atoms with Crippen molar-refractivity contribution in [2.24, 2.45) is 0 Å². The van der Waals surface area contributed by atoms with Crippen LogP contribution in [0.5, 0.6) is 5.75 Å². The normalized spacial score (nSPS) is 14.9. The summed E-state index contributed by atoms with van der Waals surface area (Å²) in [5.74, 6) is -0.668. The molecule has 0 bridgehead atoms. The average Bonchev–Trinajstić information content (AvgIpc) is 3.15. The lowest BCUT2D eigenvalue weighted by Gasteiger charge is -2.33. The molecule has 1 aliphatic rings. The van der Waals surface area contributed by atoms with Crippen molar-refractivity contribution in [3.8, 4) is 5.75 Å². The first-order valence-electron chi connectivity index (χ1n) is 11.2. The van der Waals surface area contributed by atoms with Crippen molar-refractivity contribution in [1.82, 2.24) is 14.4 Å². The number of rotatable bonds is 5. The van der Waals surface area contributed by atoms with E-state index in [0.717, 1.165) is 0 Å². The zero-order chi connectivity index (χ0) is 25.3. The molecule has 1 aromatic heterocycles. The number of nitrogens with zero attached hydrogens (tertiary/aromatic N) is 3. The summed E-state index contributed by atoms with van der Waals surface area (Å²) in [6.07, 6.45) is -2.08. The number of hydrogen-bond acceptors (Lipinski definition) is 3. The Labute approximate surface area is 205 Å². The monoisotopic (exact) mass is 507 g/mol. The minimum Gasteiger partial charge on any atom is -0.405 e. The SMILES string of the molecule is CN(C)C(=O)Cn1cc(C(=O)N2CCC(c3ccccc3OC(F)(F)F)CC2)c2ccc(Cl)cc21. The first kappa shape index (κ1) is 24.9. The molecule has 10 heteroatoms. The number of piperidine rings is 1. The highest BCUT2D eigenvalue weighted by molar-refractivity contribution is 6.31. The molecule has 4 rings (SSSR count). The van der Waals surface area contributed by atoms with Gasteiger partial charge in [-0.3, -0.25) is 9.59 Å². The molecule has 0 radical (unpaired) electrons. The maximum atomic E-state index is 13.4. The van der Waals surface area contributed by atoms with Crippen molar-refractivity contribution >= 4 is 34.3 Å². The van der Waals surface area contributed by atoms with Crippen LogP contribution in [0.15, 0.2) is 48.7 Å². The number of carbonyl (C=O) groups is 2. The number of fused-ring (bicyclic) bond motifs is 1. The third-order valence-electron chi connectivity index (χ3n) is 6.25. The van der Waals surface area contributed by atoms with E-state index in [9.17, 15) is 22.8 Å². The number of hydrogen-bond donors (Lipinski definition) is 0. The summed E-state index contributed by atoms with van der Waals surface area (Å²) >= 11 is 6.17. The molecule has 1 saturated heterocycles. The Hall–Kier alpha value is -3.20. The van der Waals surface area contributed by atoms with E-state index in [1.54, 1.807) is 60.1 Å². The lowest BCUT2D eigenvalue weighted by Crippen LogP contribution is -2.38. The second kappa shape index (κ2) is 9.81. The molecule has 6 nitrogen and oxygen atoms in total. The molecular formula is C25H25ClF3N3O3. The Morgan fingerprint density at radius 3 is 2.46 bits per heavy atom. The molecular weight excluding hydrogens is 483 g/mol. The minimum absolute atomic E-state index is 0.0647. The molecule has 0 atom stereocenters. The fourth-order valence-electron chi connectivity index (χ4n) is 4.45. The Bertz CT molecular complexity index is 1250. The van der Waals surface area contributed by atoms with Gasteiger partial charge in [0.2, 0.25) is 5.91 Å². The molecule has 3 aromatic rings. The van der Waals surface area contributed by atoms with Crippen molar-refractivity contribution in [2.75, 3.05) is 27.2 Å². The van der Waals surface area contributed by atoms with E-state index in [0.29, 0.717) is 53.0 Å². The lowest BCUT2D eigenvalue weighted by molar-refractivity contribution is -0.275. The predicted molar refractivity (Wildman–Crippen MR) is 127 cm³/mol. The average molecular weight is 508 g/mol. The number of amides is 2. The summed E-state index contributed by atoms with van der Waals surface area (Å²) in [6.45, 7) is 0.844. The second-order valence-corrected chi connectivity index (χ2v) is 9.21. The van der Waals surface area contributed by atoms with E-state index < -0.39 is 6.36 Å². The quantitative estimate of drug-likeness (QED) is 0.471. The highest BCUT2D eigenvalue weighted by Crippen LogP contribution is 2.37. The van der Waals surface area contributed by atoms with Gasteiger partial charge in [0.25, 0.3) is 5.91 Å². The number of likely N-dealkylation sites (tertiary alicyclic amines) is 1. The van der Waals surface area contributed by atoms with E-state index in [1.807, 2.05) is 0 Å². The fourth-order valence-corrected chi connectivity index (χ4v) is 4.62. The van der Waals surface area contributed by atoms with E-state index in [-0.39, 0.29) is 30.0 Å². The summed E-state index contributed by atoms with van der Waals surface area (Å²) in [4.78, 5) is 28.9. The molecule has 0 unspecified atom stereocenters. The van der Waals surface area contributed by atoms with Crippen LogP contribution in [0.3, 0.4) is 0 Å². The summed E-state index contributed by atoms with van der Waals surface area (Å²) in [5, 5.41) is 1.19.